The Morgan fingerprint density at radius 3 is 2.66 bits per heavy atom. The summed E-state index contributed by atoms with van der Waals surface area (Å²) >= 11 is 5.88. The standard InChI is InChI=1S/C20H15ClFN3O4/c1-11-17(14(10-23)19(28-11)25-7-3-4-8-25)20(27)29-12(2)18(26)24-16-6-5-13(22)9-15(16)21/h3-9,12H,1-2H3,(H,24,26). The second kappa shape index (κ2) is 8.20. The van der Waals surface area contributed by atoms with Crippen LogP contribution in [0.25, 0.3) is 5.88 Å². The summed E-state index contributed by atoms with van der Waals surface area (Å²) in [6, 6.07) is 8.89. The Bertz CT molecular complexity index is 1120. The van der Waals surface area contributed by atoms with Gasteiger partial charge >= 0.3 is 5.97 Å². The van der Waals surface area contributed by atoms with E-state index in [4.69, 9.17) is 20.8 Å². The fourth-order valence-corrected chi connectivity index (χ4v) is 2.84. The molecule has 1 unspecified atom stereocenters. The second-order valence-corrected chi connectivity index (χ2v) is 6.48. The SMILES string of the molecule is Cc1oc(-n2cccc2)c(C#N)c1C(=O)OC(C)C(=O)Nc1ccc(F)cc1Cl. The van der Waals surface area contributed by atoms with Gasteiger partial charge in [-0.1, -0.05) is 11.6 Å². The molecule has 0 radical (unpaired) electrons. The summed E-state index contributed by atoms with van der Waals surface area (Å²) in [5.41, 5.74) is 0.113. The van der Waals surface area contributed by atoms with E-state index in [9.17, 15) is 19.2 Å². The molecule has 0 aliphatic carbocycles. The fraction of sp³-hybridized carbons (Fsp3) is 0.150. The molecule has 0 aliphatic rings. The average Bonchev–Trinajstić information content (AvgIpc) is 3.30. The number of carbonyl (C=O) groups is 2. The van der Waals surface area contributed by atoms with Gasteiger partial charge in [-0.2, -0.15) is 5.26 Å². The third kappa shape index (κ3) is 4.15. The van der Waals surface area contributed by atoms with Gasteiger partial charge in [0.05, 0.1) is 10.7 Å². The van der Waals surface area contributed by atoms with Crippen molar-refractivity contribution in [3.63, 3.8) is 0 Å². The van der Waals surface area contributed by atoms with Gasteiger partial charge in [-0.25, -0.2) is 9.18 Å². The molecule has 2 heterocycles. The molecule has 0 saturated carbocycles. The molecule has 29 heavy (non-hydrogen) atoms. The number of hydrogen-bond donors (Lipinski definition) is 1. The van der Waals surface area contributed by atoms with Gasteiger partial charge in [-0.15, -0.1) is 0 Å². The summed E-state index contributed by atoms with van der Waals surface area (Å²) in [6.07, 6.45) is 2.12. The van der Waals surface area contributed by atoms with E-state index < -0.39 is 23.8 Å². The first kappa shape index (κ1) is 20.2. The van der Waals surface area contributed by atoms with E-state index >= 15 is 0 Å². The first-order chi connectivity index (χ1) is 13.8. The van der Waals surface area contributed by atoms with Crippen molar-refractivity contribution in [1.29, 1.82) is 5.26 Å². The molecular formula is C20H15ClFN3O4. The highest BCUT2D eigenvalue weighted by Crippen LogP contribution is 2.27. The van der Waals surface area contributed by atoms with E-state index in [1.807, 2.05) is 6.07 Å². The highest BCUT2D eigenvalue weighted by Gasteiger charge is 2.28. The Morgan fingerprint density at radius 2 is 2.03 bits per heavy atom. The fourth-order valence-electron chi connectivity index (χ4n) is 2.63. The van der Waals surface area contributed by atoms with Crippen molar-refractivity contribution in [2.24, 2.45) is 0 Å². The molecule has 2 aromatic heterocycles. The Hall–Kier alpha value is -3.57. The topological polar surface area (TPSA) is 97.3 Å². The van der Waals surface area contributed by atoms with Crippen LogP contribution in [0.3, 0.4) is 0 Å². The Morgan fingerprint density at radius 1 is 1.34 bits per heavy atom. The van der Waals surface area contributed by atoms with Crippen molar-refractivity contribution in [3.8, 4) is 12.0 Å². The number of aryl methyl sites for hydroxylation is 1. The minimum absolute atomic E-state index is 0.00196. The number of carbonyl (C=O) groups excluding carboxylic acids is 2. The number of esters is 1. The number of furan rings is 1. The van der Waals surface area contributed by atoms with Crippen molar-refractivity contribution in [2.75, 3.05) is 5.32 Å². The predicted molar refractivity (Wildman–Crippen MR) is 102 cm³/mol. The van der Waals surface area contributed by atoms with E-state index in [0.29, 0.717) is 0 Å². The molecule has 3 rings (SSSR count). The summed E-state index contributed by atoms with van der Waals surface area (Å²) in [7, 11) is 0. The quantitative estimate of drug-likeness (QED) is 0.629. The zero-order chi connectivity index (χ0) is 21.1. The number of halogens is 2. The van der Waals surface area contributed by atoms with E-state index in [1.165, 1.54) is 19.9 Å². The molecule has 1 atom stereocenters. The number of ether oxygens (including phenoxy) is 1. The summed E-state index contributed by atoms with van der Waals surface area (Å²) in [5.74, 6) is -1.74. The summed E-state index contributed by atoms with van der Waals surface area (Å²) < 4.78 is 25.4. The number of benzene rings is 1. The van der Waals surface area contributed by atoms with Crippen LogP contribution in [0.15, 0.2) is 47.1 Å². The number of rotatable bonds is 5. The van der Waals surface area contributed by atoms with Crippen LogP contribution in [0.1, 0.15) is 28.6 Å². The number of amides is 1. The van der Waals surface area contributed by atoms with Crippen molar-refractivity contribution >= 4 is 29.2 Å². The number of aromatic nitrogens is 1. The molecule has 1 amide bonds. The van der Waals surface area contributed by atoms with Crippen LogP contribution in [-0.4, -0.2) is 22.5 Å². The van der Waals surface area contributed by atoms with Crippen molar-refractivity contribution < 1.29 is 23.1 Å². The maximum absolute atomic E-state index is 13.1. The van der Waals surface area contributed by atoms with E-state index in [-0.39, 0.29) is 33.5 Å². The maximum atomic E-state index is 13.1. The first-order valence-electron chi connectivity index (χ1n) is 8.45. The summed E-state index contributed by atoms with van der Waals surface area (Å²) in [6.45, 7) is 2.88. The zero-order valence-electron chi connectivity index (χ0n) is 15.4. The van der Waals surface area contributed by atoms with Crippen LogP contribution in [0.4, 0.5) is 10.1 Å². The third-order valence-corrected chi connectivity index (χ3v) is 4.38. The number of nitriles is 1. The molecule has 3 aromatic rings. The van der Waals surface area contributed by atoms with Crippen LogP contribution >= 0.6 is 11.6 Å². The first-order valence-corrected chi connectivity index (χ1v) is 8.83. The van der Waals surface area contributed by atoms with Crippen LogP contribution in [0.2, 0.25) is 5.02 Å². The Balaban J connectivity index is 1.78. The van der Waals surface area contributed by atoms with Crippen LogP contribution < -0.4 is 5.32 Å². The minimum atomic E-state index is -1.21. The van der Waals surface area contributed by atoms with Gasteiger partial charge in [0.25, 0.3) is 5.91 Å². The molecule has 1 N–H and O–H groups in total. The highest BCUT2D eigenvalue weighted by molar-refractivity contribution is 6.33. The number of nitrogens with zero attached hydrogens (tertiary/aromatic N) is 2. The lowest BCUT2D eigenvalue weighted by Gasteiger charge is -2.14. The molecule has 7 nitrogen and oxygen atoms in total. The average molecular weight is 416 g/mol. The molecular weight excluding hydrogens is 401 g/mol. The molecule has 1 aromatic carbocycles. The number of hydrogen-bond acceptors (Lipinski definition) is 5. The largest absolute Gasteiger partial charge is 0.449 e. The van der Waals surface area contributed by atoms with Gasteiger partial charge in [0.15, 0.2) is 6.10 Å². The van der Waals surface area contributed by atoms with Gasteiger partial charge in [0, 0.05) is 12.4 Å². The molecule has 9 heteroatoms. The molecule has 0 bridgehead atoms. The smallest absolute Gasteiger partial charge is 0.343 e. The normalized spacial score (nSPS) is 11.6. The molecule has 148 valence electrons. The van der Waals surface area contributed by atoms with Crippen molar-refractivity contribution in [1.82, 2.24) is 4.57 Å². The number of anilines is 1. The summed E-state index contributed by atoms with van der Waals surface area (Å²) in [4.78, 5) is 24.9. The number of nitrogens with one attached hydrogen (secondary N) is 1. The third-order valence-electron chi connectivity index (χ3n) is 4.06. The zero-order valence-corrected chi connectivity index (χ0v) is 16.2. The van der Waals surface area contributed by atoms with Gasteiger partial charge in [-0.3, -0.25) is 9.36 Å². The van der Waals surface area contributed by atoms with Crippen molar-refractivity contribution in [2.45, 2.75) is 20.0 Å². The monoisotopic (exact) mass is 415 g/mol. The van der Waals surface area contributed by atoms with Crippen LogP contribution in [-0.2, 0) is 9.53 Å². The van der Waals surface area contributed by atoms with Gasteiger partial charge in [0.1, 0.15) is 28.8 Å². The van der Waals surface area contributed by atoms with Gasteiger partial charge < -0.3 is 14.5 Å². The minimum Gasteiger partial charge on any atom is -0.449 e. The lowest BCUT2D eigenvalue weighted by Crippen LogP contribution is -2.30. The lowest BCUT2D eigenvalue weighted by atomic mass is 10.1. The Labute approximate surface area is 170 Å². The van der Waals surface area contributed by atoms with Crippen molar-refractivity contribution in [3.05, 3.63) is 70.5 Å². The highest BCUT2D eigenvalue weighted by atomic mass is 35.5. The molecule has 0 fully saturated rings. The maximum Gasteiger partial charge on any atom is 0.343 e. The van der Waals surface area contributed by atoms with Crippen LogP contribution in [0, 0.1) is 24.1 Å². The van der Waals surface area contributed by atoms with E-state index in [1.54, 1.807) is 29.1 Å². The summed E-state index contributed by atoms with van der Waals surface area (Å²) in [5, 5.41) is 12.0. The molecule has 0 spiro atoms. The molecule has 0 saturated heterocycles. The Kier molecular flexibility index (Phi) is 5.71. The van der Waals surface area contributed by atoms with Gasteiger partial charge in [0.2, 0.25) is 5.88 Å². The van der Waals surface area contributed by atoms with Gasteiger partial charge in [-0.05, 0) is 44.2 Å². The predicted octanol–water partition coefficient (Wildman–Crippen LogP) is 4.23. The lowest BCUT2D eigenvalue weighted by molar-refractivity contribution is -0.123. The molecule has 0 aliphatic heterocycles. The second-order valence-electron chi connectivity index (χ2n) is 6.08. The van der Waals surface area contributed by atoms with E-state index in [0.717, 1.165) is 12.1 Å². The van der Waals surface area contributed by atoms with Crippen LogP contribution in [0.5, 0.6) is 0 Å². The van der Waals surface area contributed by atoms with E-state index in [2.05, 4.69) is 5.32 Å².